The van der Waals surface area contributed by atoms with Crippen LogP contribution in [0.5, 0.6) is 0 Å². The van der Waals surface area contributed by atoms with E-state index in [0.29, 0.717) is 23.3 Å². The highest BCUT2D eigenvalue weighted by atomic mass is 32.1. The molecule has 45 heavy (non-hydrogen) atoms. The summed E-state index contributed by atoms with van der Waals surface area (Å²) in [4.78, 5) is 0.769. The lowest BCUT2D eigenvalue weighted by molar-refractivity contribution is -0.143. The summed E-state index contributed by atoms with van der Waals surface area (Å²) >= 11 is 3.07. The van der Waals surface area contributed by atoms with E-state index >= 15 is 0 Å². The van der Waals surface area contributed by atoms with Crippen LogP contribution in [-0.4, -0.2) is 15.0 Å². The quantitative estimate of drug-likeness (QED) is 0.132. The molecule has 4 aromatic carbocycles. The van der Waals surface area contributed by atoms with E-state index in [2.05, 4.69) is 33.9 Å². The van der Waals surface area contributed by atoms with Gasteiger partial charge in [-0.1, -0.05) is 47.9 Å². The number of hydrogen-bond donors (Lipinski definition) is 0. The standard InChI is InChI=1S/C34H15F6N3S2/c35-33(36,37)26-17-27(34(38,39)40)19-28(18-26)43-41-29-20(9-11-22-3-1-5-24-13-15-44-31(22)24)7-8-21(30(29)42-43)10-12-23-4-2-6-25-14-16-45-32(23)25/h1-8,13-19H. The zero-order valence-electron chi connectivity index (χ0n) is 22.6. The third-order valence-corrected chi connectivity index (χ3v) is 8.89. The third kappa shape index (κ3) is 5.53. The predicted molar refractivity (Wildman–Crippen MR) is 164 cm³/mol. The largest absolute Gasteiger partial charge is 0.416 e. The molecule has 3 heterocycles. The van der Waals surface area contributed by atoms with E-state index in [1.165, 1.54) is 22.7 Å². The first-order chi connectivity index (χ1) is 21.5. The Labute approximate surface area is 259 Å². The van der Waals surface area contributed by atoms with Crippen LogP contribution >= 0.6 is 22.7 Å². The number of fused-ring (bicyclic) bond motifs is 3. The molecule has 220 valence electrons. The van der Waals surface area contributed by atoms with Crippen LogP contribution in [0.4, 0.5) is 26.3 Å². The van der Waals surface area contributed by atoms with Gasteiger partial charge in [-0.3, -0.25) is 0 Å². The van der Waals surface area contributed by atoms with Gasteiger partial charge in [0.2, 0.25) is 0 Å². The van der Waals surface area contributed by atoms with Crippen molar-refractivity contribution in [3.05, 3.63) is 123 Å². The fourth-order valence-electron chi connectivity index (χ4n) is 4.82. The number of alkyl halides is 6. The van der Waals surface area contributed by atoms with Gasteiger partial charge in [0, 0.05) is 20.5 Å². The van der Waals surface area contributed by atoms with Crippen LogP contribution in [0.3, 0.4) is 0 Å². The van der Waals surface area contributed by atoms with Crippen LogP contribution in [0.1, 0.15) is 33.4 Å². The molecule has 0 unspecified atom stereocenters. The molecule has 3 aromatic heterocycles. The summed E-state index contributed by atoms with van der Waals surface area (Å²) in [5.74, 6) is 12.4. The normalized spacial score (nSPS) is 11.9. The average molecular weight is 644 g/mol. The van der Waals surface area contributed by atoms with Crippen LogP contribution < -0.4 is 0 Å². The van der Waals surface area contributed by atoms with Crippen molar-refractivity contribution in [1.29, 1.82) is 0 Å². The summed E-state index contributed by atoms with van der Waals surface area (Å²) < 4.78 is 83.8. The maximum absolute atomic E-state index is 13.6. The van der Waals surface area contributed by atoms with Crippen LogP contribution in [0.2, 0.25) is 0 Å². The minimum absolute atomic E-state index is 0.0663. The van der Waals surface area contributed by atoms with E-state index in [0.717, 1.165) is 36.1 Å². The van der Waals surface area contributed by atoms with Gasteiger partial charge in [-0.05, 0) is 76.1 Å². The Morgan fingerprint density at radius 3 is 1.42 bits per heavy atom. The van der Waals surface area contributed by atoms with Crippen molar-refractivity contribution in [2.75, 3.05) is 0 Å². The Balaban J connectivity index is 1.42. The molecule has 7 rings (SSSR count). The summed E-state index contributed by atoms with van der Waals surface area (Å²) in [7, 11) is 0. The number of halogens is 6. The molecular formula is C34H15F6N3S2. The zero-order chi connectivity index (χ0) is 31.3. The molecule has 0 saturated carbocycles. The number of thiophene rings is 2. The van der Waals surface area contributed by atoms with Crippen molar-refractivity contribution in [2.45, 2.75) is 12.4 Å². The van der Waals surface area contributed by atoms with Gasteiger partial charge < -0.3 is 0 Å². The number of benzene rings is 4. The second-order valence-electron chi connectivity index (χ2n) is 9.90. The van der Waals surface area contributed by atoms with E-state index in [-0.39, 0.29) is 17.1 Å². The smallest absolute Gasteiger partial charge is 0.166 e. The fraction of sp³-hybridized carbons (Fsp3) is 0.0588. The Morgan fingerprint density at radius 1 is 0.533 bits per heavy atom. The van der Waals surface area contributed by atoms with Crippen molar-refractivity contribution >= 4 is 53.9 Å². The molecule has 3 nitrogen and oxygen atoms in total. The number of hydrogen-bond acceptors (Lipinski definition) is 4. The molecule has 0 N–H and O–H groups in total. The summed E-state index contributed by atoms with van der Waals surface area (Å²) in [5, 5.41) is 14.7. The van der Waals surface area contributed by atoms with Crippen molar-refractivity contribution in [3.63, 3.8) is 0 Å². The lowest BCUT2D eigenvalue weighted by Gasteiger charge is -2.13. The van der Waals surface area contributed by atoms with Crippen LogP contribution in [-0.2, 0) is 12.4 Å². The molecule has 0 spiro atoms. The fourth-order valence-corrected chi connectivity index (χ4v) is 6.56. The molecule has 11 heteroatoms. The highest BCUT2D eigenvalue weighted by Crippen LogP contribution is 2.37. The van der Waals surface area contributed by atoms with Crippen LogP contribution in [0.25, 0.3) is 36.9 Å². The lowest BCUT2D eigenvalue weighted by Crippen LogP contribution is -2.13. The SMILES string of the molecule is FC(F)(F)c1cc(-n2nc3c(C#Cc4cccc5ccsc45)ccc(C#Cc4cccc5ccsc45)c3n2)cc(C(F)(F)F)c1. The van der Waals surface area contributed by atoms with Crippen LogP contribution in [0, 0.1) is 23.7 Å². The van der Waals surface area contributed by atoms with Crippen molar-refractivity contribution < 1.29 is 26.3 Å². The van der Waals surface area contributed by atoms with Gasteiger partial charge in [0.1, 0.15) is 11.0 Å². The van der Waals surface area contributed by atoms with Gasteiger partial charge >= 0.3 is 12.4 Å². The molecule has 0 atom stereocenters. The molecule has 0 bridgehead atoms. The monoisotopic (exact) mass is 643 g/mol. The molecule has 0 saturated heterocycles. The Hall–Kier alpha value is -5.10. The van der Waals surface area contributed by atoms with E-state index in [1.54, 1.807) is 12.1 Å². The first-order valence-corrected chi connectivity index (χ1v) is 15.0. The molecule has 0 amide bonds. The highest BCUT2D eigenvalue weighted by molar-refractivity contribution is 7.17. The van der Waals surface area contributed by atoms with Crippen molar-refractivity contribution in [2.24, 2.45) is 0 Å². The Morgan fingerprint density at radius 2 is 0.978 bits per heavy atom. The maximum Gasteiger partial charge on any atom is 0.416 e. The van der Waals surface area contributed by atoms with Gasteiger partial charge in [-0.2, -0.15) is 31.1 Å². The maximum atomic E-state index is 13.6. The highest BCUT2D eigenvalue weighted by Gasteiger charge is 2.37. The average Bonchev–Trinajstić information content (AvgIpc) is 3.78. The molecular weight excluding hydrogens is 629 g/mol. The first kappa shape index (κ1) is 28.7. The molecule has 0 aliphatic heterocycles. The molecule has 7 aromatic rings. The van der Waals surface area contributed by atoms with Gasteiger partial charge in [-0.25, -0.2) is 0 Å². The minimum Gasteiger partial charge on any atom is -0.166 e. The number of aromatic nitrogens is 3. The zero-order valence-corrected chi connectivity index (χ0v) is 24.2. The summed E-state index contributed by atoms with van der Waals surface area (Å²) in [6.45, 7) is 0. The van der Waals surface area contributed by atoms with Gasteiger partial charge in [0.05, 0.1) is 27.9 Å². The lowest BCUT2D eigenvalue weighted by atomic mass is 10.1. The van der Waals surface area contributed by atoms with E-state index in [9.17, 15) is 26.3 Å². The second-order valence-corrected chi connectivity index (χ2v) is 11.7. The Kier molecular flexibility index (Phi) is 6.88. The molecule has 0 fully saturated rings. The van der Waals surface area contributed by atoms with E-state index < -0.39 is 29.2 Å². The van der Waals surface area contributed by atoms with E-state index in [4.69, 9.17) is 0 Å². The van der Waals surface area contributed by atoms with E-state index in [1.807, 2.05) is 59.3 Å². The van der Waals surface area contributed by atoms with Gasteiger partial charge in [0.15, 0.2) is 0 Å². The molecule has 0 aliphatic carbocycles. The van der Waals surface area contributed by atoms with Gasteiger partial charge in [-0.15, -0.1) is 32.9 Å². The second kappa shape index (κ2) is 10.8. The summed E-state index contributed by atoms with van der Waals surface area (Å²) in [6.07, 6.45) is -10.1. The third-order valence-electron chi connectivity index (χ3n) is 6.97. The number of rotatable bonds is 1. The molecule has 0 radical (unpaired) electrons. The summed E-state index contributed by atoms with van der Waals surface area (Å²) in [6, 6.07) is 20.0. The minimum atomic E-state index is -5.03. The summed E-state index contributed by atoms with van der Waals surface area (Å²) in [5.41, 5.74) is -0.757. The topological polar surface area (TPSA) is 30.7 Å². The first-order valence-electron chi connectivity index (χ1n) is 13.2. The van der Waals surface area contributed by atoms with Crippen molar-refractivity contribution in [3.8, 4) is 29.4 Å². The number of nitrogens with zero attached hydrogens (tertiary/aromatic N) is 3. The predicted octanol–water partition coefficient (Wildman–Crippen LogP) is 9.69. The van der Waals surface area contributed by atoms with Crippen molar-refractivity contribution in [1.82, 2.24) is 15.0 Å². The van der Waals surface area contributed by atoms with Crippen LogP contribution in [0.15, 0.2) is 89.6 Å². The Bertz CT molecular complexity index is 2230. The molecule has 0 aliphatic rings. The van der Waals surface area contributed by atoms with Gasteiger partial charge in [0.25, 0.3) is 0 Å².